The summed E-state index contributed by atoms with van der Waals surface area (Å²) in [5.74, 6) is -0.170. The largest absolute Gasteiger partial charge is 0.399 e. The van der Waals surface area contributed by atoms with Crippen molar-refractivity contribution in [3.05, 3.63) is 58.0 Å². The maximum absolute atomic E-state index is 12.5. The zero-order valence-electron chi connectivity index (χ0n) is 11.5. The molecule has 1 aliphatic carbocycles. The SMILES string of the molecule is Nc1cccc(CN(C(=O)c2ccc(=O)[nH]n2)C2CC2)c1. The molecule has 1 heterocycles. The third-order valence-corrected chi connectivity index (χ3v) is 3.45. The van der Waals surface area contributed by atoms with E-state index in [9.17, 15) is 9.59 Å². The standard InChI is InChI=1S/C15H16N4O2/c16-11-3-1-2-10(8-11)9-19(12-4-5-12)15(21)13-6-7-14(20)18-17-13/h1-3,6-8,12H,4-5,9,16H2,(H,18,20). The fourth-order valence-electron chi connectivity index (χ4n) is 2.25. The van der Waals surface area contributed by atoms with Gasteiger partial charge in [-0.2, -0.15) is 5.10 Å². The average Bonchev–Trinajstić information content (AvgIpc) is 3.29. The number of rotatable bonds is 4. The van der Waals surface area contributed by atoms with Crippen LogP contribution in [0.5, 0.6) is 0 Å². The van der Waals surface area contributed by atoms with Crippen molar-refractivity contribution in [1.29, 1.82) is 0 Å². The first-order valence-electron chi connectivity index (χ1n) is 6.84. The third-order valence-electron chi connectivity index (χ3n) is 3.45. The highest BCUT2D eigenvalue weighted by Gasteiger charge is 2.33. The van der Waals surface area contributed by atoms with Crippen LogP contribution in [0.1, 0.15) is 28.9 Å². The van der Waals surface area contributed by atoms with Gasteiger partial charge < -0.3 is 10.6 Å². The Bertz CT molecular complexity index is 701. The summed E-state index contributed by atoms with van der Waals surface area (Å²) in [6, 6.07) is 10.5. The highest BCUT2D eigenvalue weighted by atomic mass is 16.2. The zero-order valence-corrected chi connectivity index (χ0v) is 11.5. The molecule has 0 spiro atoms. The van der Waals surface area contributed by atoms with E-state index in [1.54, 1.807) is 4.90 Å². The highest BCUT2D eigenvalue weighted by Crippen LogP contribution is 2.29. The summed E-state index contributed by atoms with van der Waals surface area (Å²) < 4.78 is 0. The second kappa shape index (κ2) is 5.40. The Morgan fingerprint density at radius 3 is 2.76 bits per heavy atom. The van der Waals surface area contributed by atoms with Gasteiger partial charge in [-0.25, -0.2) is 5.10 Å². The van der Waals surface area contributed by atoms with Gasteiger partial charge in [0.2, 0.25) is 0 Å². The lowest BCUT2D eigenvalue weighted by Gasteiger charge is -2.22. The first kappa shape index (κ1) is 13.4. The molecule has 0 atom stereocenters. The van der Waals surface area contributed by atoms with Crippen molar-refractivity contribution < 1.29 is 4.79 Å². The molecule has 0 unspecified atom stereocenters. The van der Waals surface area contributed by atoms with E-state index in [2.05, 4.69) is 10.2 Å². The van der Waals surface area contributed by atoms with Gasteiger partial charge in [-0.05, 0) is 36.6 Å². The minimum Gasteiger partial charge on any atom is -0.399 e. The number of nitrogens with one attached hydrogen (secondary N) is 1. The van der Waals surface area contributed by atoms with E-state index in [0.29, 0.717) is 12.2 Å². The van der Waals surface area contributed by atoms with Gasteiger partial charge in [0.15, 0.2) is 0 Å². The molecule has 1 aliphatic rings. The molecular formula is C15H16N4O2. The molecule has 0 radical (unpaired) electrons. The molecule has 1 saturated carbocycles. The van der Waals surface area contributed by atoms with Crippen molar-refractivity contribution >= 4 is 11.6 Å². The molecule has 1 aromatic carbocycles. The lowest BCUT2D eigenvalue weighted by Crippen LogP contribution is -2.33. The van der Waals surface area contributed by atoms with Crippen LogP contribution in [0.4, 0.5) is 5.69 Å². The number of amides is 1. The molecule has 1 fully saturated rings. The molecule has 0 saturated heterocycles. The van der Waals surface area contributed by atoms with Gasteiger partial charge in [-0.15, -0.1) is 0 Å². The number of nitrogen functional groups attached to an aromatic ring is 1. The predicted octanol–water partition coefficient (Wildman–Crippen LogP) is 1.16. The van der Waals surface area contributed by atoms with Crippen molar-refractivity contribution in [2.24, 2.45) is 0 Å². The third kappa shape index (κ3) is 3.10. The Morgan fingerprint density at radius 1 is 1.33 bits per heavy atom. The number of aromatic nitrogens is 2. The first-order valence-corrected chi connectivity index (χ1v) is 6.84. The Kier molecular flexibility index (Phi) is 3.43. The van der Waals surface area contributed by atoms with Crippen molar-refractivity contribution in [2.75, 3.05) is 5.73 Å². The molecule has 21 heavy (non-hydrogen) atoms. The molecule has 6 nitrogen and oxygen atoms in total. The molecule has 3 rings (SSSR count). The van der Waals surface area contributed by atoms with E-state index < -0.39 is 0 Å². The number of benzene rings is 1. The van der Waals surface area contributed by atoms with Crippen LogP contribution in [0, 0.1) is 0 Å². The Labute approximate surface area is 121 Å². The first-order chi connectivity index (χ1) is 10.1. The van der Waals surface area contributed by atoms with Crippen LogP contribution in [0.2, 0.25) is 0 Å². The number of anilines is 1. The van der Waals surface area contributed by atoms with Crippen LogP contribution in [0.15, 0.2) is 41.2 Å². The Balaban J connectivity index is 1.83. The summed E-state index contributed by atoms with van der Waals surface area (Å²) in [7, 11) is 0. The van der Waals surface area contributed by atoms with E-state index >= 15 is 0 Å². The van der Waals surface area contributed by atoms with Gasteiger partial charge in [0, 0.05) is 24.3 Å². The second-order valence-electron chi connectivity index (χ2n) is 5.22. The smallest absolute Gasteiger partial charge is 0.274 e. The monoisotopic (exact) mass is 284 g/mol. The van der Waals surface area contributed by atoms with Crippen molar-refractivity contribution in [1.82, 2.24) is 15.1 Å². The van der Waals surface area contributed by atoms with Gasteiger partial charge in [-0.1, -0.05) is 12.1 Å². The van der Waals surface area contributed by atoms with Crippen LogP contribution in [0.3, 0.4) is 0 Å². The molecule has 6 heteroatoms. The summed E-state index contributed by atoms with van der Waals surface area (Å²) in [5.41, 5.74) is 7.37. The fraction of sp³-hybridized carbons (Fsp3) is 0.267. The maximum atomic E-state index is 12.5. The van der Waals surface area contributed by atoms with E-state index in [1.807, 2.05) is 24.3 Å². The summed E-state index contributed by atoms with van der Waals surface area (Å²) >= 11 is 0. The molecule has 1 amide bonds. The van der Waals surface area contributed by atoms with Crippen molar-refractivity contribution in [3.63, 3.8) is 0 Å². The number of nitrogens with zero attached hydrogens (tertiary/aromatic N) is 2. The minimum atomic E-state index is -0.319. The molecule has 3 N–H and O–H groups in total. The summed E-state index contributed by atoms with van der Waals surface area (Å²) in [5, 5.41) is 6.11. The van der Waals surface area contributed by atoms with Crippen LogP contribution in [0.25, 0.3) is 0 Å². The molecular weight excluding hydrogens is 268 g/mol. The fourth-order valence-corrected chi connectivity index (χ4v) is 2.25. The minimum absolute atomic E-state index is 0.170. The Hall–Kier alpha value is -2.63. The maximum Gasteiger partial charge on any atom is 0.274 e. The van der Waals surface area contributed by atoms with E-state index in [4.69, 9.17) is 5.73 Å². The van der Waals surface area contributed by atoms with Gasteiger partial charge >= 0.3 is 0 Å². The number of aromatic amines is 1. The molecule has 1 aromatic heterocycles. The van der Waals surface area contributed by atoms with Crippen LogP contribution in [-0.4, -0.2) is 27.0 Å². The number of hydrogen-bond acceptors (Lipinski definition) is 4. The van der Waals surface area contributed by atoms with Gasteiger partial charge in [0.1, 0.15) is 5.69 Å². The molecule has 0 bridgehead atoms. The van der Waals surface area contributed by atoms with Gasteiger partial charge in [0.25, 0.3) is 11.5 Å². The summed E-state index contributed by atoms with van der Waals surface area (Å²) in [6.45, 7) is 0.495. The van der Waals surface area contributed by atoms with Gasteiger partial charge in [0.05, 0.1) is 0 Å². The number of nitrogens with two attached hydrogens (primary N) is 1. The number of hydrogen-bond donors (Lipinski definition) is 2. The van der Waals surface area contributed by atoms with Crippen molar-refractivity contribution in [3.8, 4) is 0 Å². The Morgan fingerprint density at radius 2 is 2.14 bits per heavy atom. The lowest BCUT2D eigenvalue weighted by molar-refractivity contribution is 0.0722. The predicted molar refractivity (Wildman–Crippen MR) is 78.6 cm³/mol. The number of H-pyrrole nitrogens is 1. The normalized spacial score (nSPS) is 13.9. The van der Waals surface area contributed by atoms with E-state index in [0.717, 1.165) is 18.4 Å². The molecule has 0 aliphatic heterocycles. The van der Waals surface area contributed by atoms with Crippen LogP contribution in [-0.2, 0) is 6.54 Å². The zero-order chi connectivity index (χ0) is 14.8. The molecule has 108 valence electrons. The number of carbonyl (C=O) groups is 1. The number of carbonyl (C=O) groups excluding carboxylic acids is 1. The summed E-state index contributed by atoms with van der Waals surface area (Å²) in [6.07, 6.45) is 1.99. The van der Waals surface area contributed by atoms with Crippen molar-refractivity contribution in [2.45, 2.75) is 25.4 Å². The van der Waals surface area contributed by atoms with Crippen LogP contribution < -0.4 is 11.3 Å². The topological polar surface area (TPSA) is 92.1 Å². The highest BCUT2D eigenvalue weighted by molar-refractivity contribution is 5.92. The average molecular weight is 284 g/mol. The van der Waals surface area contributed by atoms with Crippen LogP contribution >= 0.6 is 0 Å². The second-order valence-corrected chi connectivity index (χ2v) is 5.22. The van der Waals surface area contributed by atoms with Gasteiger partial charge in [-0.3, -0.25) is 9.59 Å². The van der Waals surface area contributed by atoms with E-state index in [-0.39, 0.29) is 23.2 Å². The quantitative estimate of drug-likeness (QED) is 0.824. The summed E-state index contributed by atoms with van der Waals surface area (Å²) in [4.78, 5) is 25.4. The lowest BCUT2D eigenvalue weighted by atomic mass is 10.2. The molecule has 2 aromatic rings. The van der Waals surface area contributed by atoms with E-state index in [1.165, 1.54) is 12.1 Å².